The van der Waals surface area contributed by atoms with Crippen LogP contribution in [0.3, 0.4) is 0 Å². The van der Waals surface area contributed by atoms with Crippen LogP contribution in [-0.2, 0) is 16.1 Å². The van der Waals surface area contributed by atoms with E-state index < -0.39 is 11.6 Å². The van der Waals surface area contributed by atoms with Gasteiger partial charge < -0.3 is 14.7 Å². The van der Waals surface area contributed by atoms with E-state index in [1.54, 1.807) is 25.8 Å². The van der Waals surface area contributed by atoms with E-state index in [-0.39, 0.29) is 29.7 Å². The predicted octanol–water partition coefficient (Wildman–Crippen LogP) is 2.55. The van der Waals surface area contributed by atoms with Gasteiger partial charge >= 0.3 is 5.97 Å². The van der Waals surface area contributed by atoms with Gasteiger partial charge in [0.1, 0.15) is 12.3 Å². The standard InChI is InChI=1S/C21H22N2O5/c1-21(2)20(27)23(16-10-9-15(19(25)26)11-17(16)28-21)13-18(24)22(3)12-14-7-5-4-6-8-14/h4-11H,12-13H2,1-3H3,(H,25,26). The van der Waals surface area contributed by atoms with Crippen molar-refractivity contribution in [3.63, 3.8) is 0 Å². The quantitative estimate of drug-likeness (QED) is 0.859. The minimum absolute atomic E-state index is 0.0522. The first-order valence-electron chi connectivity index (χ1n) is 8.85. The van der Waals surface area contributed by atoms with E-state index >= 15 is 0 Å². The number of hydrogen-bond acceptors (Lipinski definition) is 4. The maximum Gasteiger partial charge on any atom is 0.335 e. The summed E-state index contributed by atoms with van der Waals surface area (Å²) in [5.74, 6) is -1.41. The van der Waals surface area contributed by atoms with E-state index in [9.17, 15) is 19.5 Å². The molecular weight excluding hydrogens is 360 g/mol. The van der Waals surface area contributed by atoms with Gasteiger partial charge in [0.25, 0.3) is 5.91 Å². The van der Waals surface area contributed by atoms with Gasteiger partial charge in [-0.15, -0.1) is 0 Å². The molecule has 1 N–H and O–H groups in total. The Hall–Kier alpha value is -3.35. The minimum atomic E-state index is -1.21. The SMILES string of the molecule is CN(Cc1ccccc1)C(=O)CN1C(=O)C(C)(C)Oc2cc(C(=O)O)ccc21. The summed E-state index contributed by atoms with van der Waals surface area (Å²) in [6.45, 7) is 3.45. The Morgan fingerprint density at radius 3 is 2.46 bits per heavy atom. The summed E-state index contributed by atoms with van der Waals surface area (Å²) in [5, 5.41) is 9.20. The monoisotopic (exact) mass is 382 g/mol. The average Bonchev–Trinajstić information content (AvgIpc) is 2.65. The summed E-state index contributed by atoms with van der Waals surface area (Å²) in [6, 6.07) is 13.8. The van der Waals surface area contributed by atoms with E-state index in [1.165, 1.54) is 23.1 Å². The molecule has 2 aromatic rings. The molecule has 1 heterocycles. The number of amides is 2. The van der Waals surface area contributed by atoms with Crippen LogP contribution in [0.15, 0.2) is 48.5 Å². The molecule has 0 unspecified atom stereocenters. The Morgan fingerprint density at radius 2 is 1.82 bits per heavy atom. The van der Waals surface area contributed by atoms with E-state index in [0.29, 0.717) is 12.2 Å². The molecular formula is C21H22N2O5. The first kappa shape index (κ1) is 19.4. The Balaban J connectivity index is 1.85. The number of fused-ring (bicyclic) bond motifs is 1. The average molecular weight is 382 g/mol. The highest BCUT2D eigenvalue weighted by Gasteiger charge is 2.42. The molecule has 0 saturated heterocycles. The normalized spacial score (nSPS) is 14.8. The van der Waals surface area contributed by atoms with Crippen molar-refractivity contribution in [2.24, 2.45) is 0 Å². The molecule has 0 aromatic heterocycles. The van der Waals surface area contributed by atoms with Gasteiger partial charge in [-0.1, -0.05) is 30.3 Å². The predicted molar refractivity (Wildman–Crippen MR) is 103 cm³/mol. The summed E-state index contributed by atoms with van der Waals surface area (Å²) in [7, 11) is 1.68. The van der Waals surface area contributed by atoms with Crippen molar-refractivity contribution >= 4 is 23.5 Å². The fourth-order valence-corrected chi connectivity index (χ4v) is 3.06. The highest BCUT2D eigenvalue weighted by molar-refractivity contribution is 6.06. The van der Waals surface area contributed by atoms with Gasteiger partial charge in [0.15, 0.2) is 5.60 Å². The van der Waals surface area contributed by atoms with Gasteiger partial charge in [-0.25, -0.2) is 4.79 Å². The molecule has 0 saturated carbocycles. The van der Waals surface area contributed by atoms with Crippen LogP contribution in [0.4, 0.5) is 5.69 Å². The van der Waals surface area contributed by atoms with Crippen molar-refractivity contribution in [1.29, 1.82) is 0 Å². The van der Waals surface area contributed by atoms with Crippen molar-refractivity contribution < 1.29 is 24.2 Å². The number of aromatic carboxylic acids is 1. The van der Waals surface area contributed by atoms with Crippen LogP contribution in [0.1, 0.15) is 29.8 Å². The van der Waals surface area contributed by atoms with Crippen molar-refractivity contribution in [1.82, 2.24) is 4.90 Å². The summed E-state index contributed by atoms with van der Waals surface area (Å²) < 4.78 is 5.71. The Kier molecular flexibility index (Phi) is 5.09. The molecule has 0 spiro atoms. The Morgan fingerprint density at radius 1 is 1.14 bits per heavy atom. The van der Waals surface area contributed by atoms with Crippen molar-refractivity contribution in [3.05, 3.63) is 59.7 Å². The topological polar surface area (TPSA) is 87.2 Å². The lowest BCUT2D eigenvalue weighted by Crippen LogP contribution is -2.55. The van der Waals surface area contributed by atoms with Crippen LogP contribution >= 0.6 is 0 Å². The number of anilines is 1. The van der Waals surface area contributed by atoms with Gasteiger partial charge in [0, 0.05) is 13.6 Å². The molecule has 1 aliphatic rings. The number of carbonyl (C=O) groups is 3. The maximum atomic E-state index is 12.9. The summed E-state index contributed by atoms with van der Waals surface area (Å²) in [6.07, 6.45) is 0. The van der Waals surface area contributed by atoms with Crippen molar-refractivity contribution in [2.45, 2.75) is 26.0 Å². The number of carboxylic acid groups (broad SMARTS) is 1. The summed E-state index contributed by atoms with van der Waals surface area (Å²) in [5.41, 5.74) is 0.216. The zero-order valence-corrected chi connectivity index (χ0v) is 16.0. The molecule has 0 radical (unpaired) electrons. The maximum absolute atomic E-state index is 12.9. The molecule has 0 bridgehead atoms. The number of ether oxygens (including phenoxy) is 1. The van der Waals surface area contributed by atoms with Crippen molar-refractivity contribution in [2.75, 3.05) is 18.5 Å². The summed E-state index contributed by atoms with van der Waals surface area (Å²) in [4.78, 5) is 39.8. The number of rotatable bonds is 5. The molecule has 0 fully saturated rings. The number of benzene rings is 2. The third-order valence-electron chi connectivity index (χ3n) is 4.60. The highest BCUT2D eigenvalue weighted by atomic mass is 16.5. The van der Waals surface area contributed by atoms with Gasteiger partial charge in [-0.05, 0) is 37.6 Å². The van der Waals surface area contributed by atoms with Gasteiger partial charge in [0.05, 0.1) is 11.3 Å². The molecule has 0 atom stereocenters. The van der Waals surface area contributed by atoms with Crippen LogP contribution < -0.4 is 9.64 Å². The molecule has 3 rings (SSSR count). The molecule has 146 valence electrons. The first-order chi connectivity index (χ1) is 13.2. The number of carboxylic acids is 1. The lowest BCUT2D eigenvalue weighted by atomic mass is 10.0. The summed E-state index contributed by atoms with van der Waals surface area (Å²) >= 11 is 0. The van der Waals surface area contributed by atoms with E-state index in [4.69, 9.17) is 4.74 Å². The third kappa shape index (κ3) is 3.83. The van der Waals surface area contributed by atoms with Crippen LogP contribution in [0.2, 0.25) is 0 Å². The Labute approximate surface area is 163 Å². The highest BCUT2D eigenvalue weighted by Crippen LogP contribution is 2.38. The molecule has 7 nitrogen and oxygen atoms in total. The molecule has 28 heavy (non-hydrogen) atoms. The zero-order valence-electron chi connectivity index (χ0n) is 16.0. The van der Waals surface area contributed by atoms with E-state index in [0.717, 1.165) is 5.56 Å². The van der Waals surface area contributed by atoms with Crippen LogP contribution in [0.5, 0.6) is 5.75 Å². The second kappa shape index (κ2) is 7.34. The van der Waals surface area contributed by atoms with E-state index in [1.807, 2.05) is 30.3 Å². The zero-order chi connectivity index (χ0) is 20.5. The lowest BCUT2D eigenvalue weighted by Gasteiger charge is -2.39. The Bertz CT molecular complexity index is 924. The minimum Gasteiger partial charge on any atom is -0.478 e. The number of likely N-dealkylation sites (N-methyl/N-ethyl adjacent to an activating group) is 1. The molecule has 2 aromatic carbocycles. The molecule has 0 aliphatic carbocycles. The lowest BCUT2D eigenvalue weighted by molar-refractivity contribution is -0.136. The molecule has 7 heteroatoms. The number of nitrogens with zero attached hydrogens (tertiary/aromatic N) is 2. The van der Waals surface area contributed by atoms with E-state index in [2.05, 4.69) is 0 Å². The fraction of sp³-hybridized carbons (Fsp3) is 0.286. The fourth-order valence-electron chi connectivity index (χ4n) is 3.06. The second-order valence-electron chi connectivity index (χ2n) is 7.23. The van der Waals surface area contributed by atoms with Crippen LogP contribution in [0, 0.1) is 0 Å². The number of hydrogen-bond donors (Lipinski definition) is 1. The van der Waals surface area contributed by atoms with Gasteiger partial charge in [-0.2, -0.15) is 0 Å². The largest absolute Gasteiger partial charge is 0.478 e. The first-order valence-corrected chi connectivity index (χ1v) is 8.85. The van der Waals surface area contributed by atoms with Gasteiger partial charge in [0.2, 0.25) is 5.91 Å². The second-order valence-corrected chi connectivity index (χ2v) is 7.23. The molecule has 1 aliphatic heterocycles. The van der Waals surface area contributed by atoms with Crippen LogP contribution in [-0.4, -0.2) is 47.0 Å². The van der Waals surface area contributed by atoms with Crippen molar-refractivity contribution in [3.8, 4) is 5.75 Å². The van der Waals surface area contributed by atoms with Gasteiger partial charge in [-0.3, -0.25) is 14.5 Å². The smallest absolute Gasteiger partial charge is 0.335 e. The number of carbonyl (C=O) groups excluding carboxylic acids is 2. The van der Waals surface area contributed by atoms with Crippen LogP contribution in [0.25, 0.3) is 0 Å². The molecule has 2 amide bonds. The third-order valence-corrected chi connectivity index (χ3v) is 4.60.